The van der Waals surface area contributed by atoms with Gasteiger partial charge in [0, 0.05) is 11.4 Å². The predicted molar refractivity (Wildman–Crippen MR) is 118 cm³/mol. The van der Waals surface area contributed by atoms with Gasteiger partial charge in [-0.05, 0) is 59.7 Å². The number of nitrogens with one attached hydrogen (secondary N) is 2. The van der Waals surface area contributed by atoms with E-state index in [4.69, 9.17) is 9.11 Å². The molecule has 0 spiro atoms. The van der Waals surface area contributed by atoms with E-state index < -0.39 is 22.5 Å². The maximum atomic E-state index is 11.0. The Bertz CT molecular complexity index is 937. The highest BCUT2D eigenvalue weighted by molar-refractivity contribution is 7.80. The number of hydrogen-bond donors (Lipinski definition) is 4. The van der Waals surface area contributed by atoms with Gasteiger partial charge in [0.1, 0.15) is 0 Å². The Hall–Kier alpha value is -2.52. The molecular weight excluding hydrogens is 408 g/mol. The third-order valence-corrected chi connectivity index (χ3v) is 5.32. The van der Waals surface area contributed by atoms with Crippen LogP contribution in [0.2, 0.25) is 0 Å². The molecule has 0 heterocycles. The van der Waals surface area contributed by atoms with Crippen molar-refractivity contribution in [1.29, 1.82) is 0 Å². The average Bonchev–Trinajstić information content (AvgIpc) is 2.68. The lowest BCUT2D eigenvalue weighted by atomic mass is 9.86. The first-order valence-corrected chi connectivity index (χ1v) is 11.2. The van der Waals surface area contributed by atoms with Crippen molar-refractivity contribution in [2.75, 3.05) is 9.44 Å². The van der Waals surface area contributed by atoms with E-state index in [1.807, 2.05) is 54.6 Å². The van der Waals surface area contributed by atoms with Crippen LogP contribution in [-0.2, 0) is 35.4 Å². The highest BCUT2D eigenvalue weighted by atomic mass is 32.2. The minimum atomic E-state index is -2.11. The Morgan fingerprint density at radius 3 is 1.62 bits per heavy atom. The molecule has 2 atom stereocenters. The molecule has 0 fully saturated rings. The lowest BCUT2D eigenvalue weighted by Gasteiger charge is -2.19. The fourth-order valence-corrected chi connectivity index (χ4v) is 3.98. The Kier molecular flexibility index (Phi) is 7.54. The first kappa shape index (κ1) is 21.2. The lowest BCUT2D eigenvalue weighted by Crippen LogP contribution is -2.08. The smallest absolute Gasteiger partial charge is 0.259 e. The zero-order valence-corrected chi connectivity index (χ0v) is 17.2. The Labute approximate surface area is 175 Å². The zero-order valence-electron chi connectivity index (χ0n) is 15.5. The number of benzene rings is 3. The molecule has 4 N–H and O–H groups in total. The summed E-state index contributed by atoms with van der Waals surface area (Å²) in [5.74, 6) is 0.168. The summed E-state index contributed by atoms with van der Waals surface area (Å²) in [6.45, 7) is 0. The maximum Gasteiger partial charge on any atom is 0.259 e. The summed E-state index contributed by atoms with van der Waals surface area (Å²) in [4.78, 5) is 0. The SMILES string of the molecule is O=S(O)Nc1cccc(CC(Cc2cccc(NS(=O)O)c2)c2ccccc2)c1. The van der Waals surface area contributed by atoms with Crippen molar-refractivity contribution in [3.8, 4) is 0 Å². The summed E-state index contributed by atoms with van der Waals surface area (Å²) >= 11 is -4.23. The monoisotopic (exact) mass is 430 g/mol. The highest BCUT2D eigenvalue weighted by Gasteiger charge is 2.14. The molecule has 0 radical (unpaired) electrons. The van der Waals surface area contributed by atoms with Crippen molar-refractivity contribution in [2.45, 2.75) is 18.8 Å². The normalized spacial score (nSPS) is 14.0. The van der Waals surface area contributed by atoms with Crippen molar-refractivity contribution < 1.29 is 17.5 Å². The van der Waals surface area contributed by atoms with Gasteiger partial charge in [0.2, 0.25) is 0 Å². The second-order valence-corrected chi connectivity index (χ2v) is 8.02. The third kappa shape index (κ3) is 6.79. The average molecular weight is 431 g/mol. The van der Waals surface area contributed by atoms with Crippen LogP contribution in [0.15, 0.2) is 78.9 Å². The first-order chi connectivity index (χ1) is 14.0. The van der Waals surface area contributed by atoms with E-state index in [0.717, 1.165) is 24.0 Å². The van der Waals surface area contributed by atoms with E-state index in [0.29, 0.717) is 11.4 Å². The van der Waals surface area contributed by atoms with Crippen LogP contribution >= 0.6 is 0 Å². The topological polar surface area (TPSA) is 98.7 Å². The quantitative estimate of drug-likeness (QED) is 0.379. The maximum absolute atomic E-state index is 11.0. The van der Waals surface area contributed by atoms with Crippen LogP contribution in [0.5, 0.6) is 0 Å². The van der Waals surface area contributed by atoms with Crippen LogP contribution < -0.4 is 9.44 Å². The van der Waals surface area contributed by atoms with Crippen LogP contribution in [-0.4, -0.2) is 17.5 Å². The molecule has 0 amide bonds. The van der Waals surface area contributed by atoms with Gasteiger partial charge in [0.05, 0.1) is 0 Å². The van der Waals surface area contributed by atoms with Crippen molar-refractivity contribution >= 4 is 33.9 Å². The summed E-state index contributed by atoms with van der Waals surface area (Å²) in [5, 5.41) is 0. The van der Waals surface area contributed by atoms with Gasteiger partial charge in [0.15, 0.2) is 0 Å². The van der Waals surface area contributed by atoms with Crippen molar-refractivity contribution in [3.63, 3.8) is 0 Å². The predicted octanol–water partition coefficient (Wildman–Crippen LogP) is 4.35. The Morgan fingerprint density at radius 1 is 0.690 bits per heavy atom. The van der Waals surface area contributed by atoms with Gasteiger partial charge in [0.25, 0.3) is 22.5 Å². The second-order valence-electron chi connectivity index (χ2n) is 6.62. The van der Waals surface area contributed by atoms with Gasteiger partial charge in [-0.3, -0.25) is 18.5 Å². The van der Waals surface area contributed by atoms with E-state index in [2.05, 4.69) is 21.6 Å². The van der Waals surface area contributed by atoms with E-state index in [1.54, 1.807) is 12.1 Å². The molecule has 3 rings (SSSR count). The van der Waals surface area contributed by atoms with E-state index in [1.165, 1.54) is 5.56 Å². The molecule has 8 heteroatoms. The number of rotatable bonds is 9. The van der Waals surface area contributed by atoms with Crippen LogP contribution in [0.25, 0.3) is 0 Å². The number of hydrogen-bond acceptors (Lipinski definition) is 2. The molecule has 0 bridgehead atoms. The largest absolute Gasteiger partial charge is 0.289 e. The molecule has 2 unspecified atom stereocenters. The summed E-state index contributed by atoms with van der Waals surface area (Å²) in [7, 11) is 0. The van der Waals surface area contributed by atoms with Crippen molar-refractivity contribution in [1.82, 2.24) is 0 Å². The fraction of sp³-hybridized carbons (Fsp3) is 0.143. The third-order valence-electron chi connectivity index (χ3n) is 4.50. The molecule has 0 saturated carbocycles. The van der Waals surface area contributed by atoms with E-state index >= 15 is 0 Å². The van der Waals surface area contributed by atoms with Crippen LogP contribution in [0.4, 0.5) is 11.4 Å². The van der Waals surface area contributed by atoms with Crippen LogP contribution in [0.1, 0.15) is 22.6 Å². The van der Waals surface area contributed by atoms with Gasteiger partial charge >= 0.3 is 0 Å². The minimum absolute atomic E-state index is 0.168. The van der Waals surface area contributed by atoms with Crippen molar-refractivity contribution in [3.05, 3.63) is 95.6 Å². The van der Waals surface area contributed by atoms with E-state index in [9.17, 15) is 8.42 Å². The minimum Gasteiger partial charge on any atom is -0.289 e. The molecule has 3 aromatic carbocycles. The molecule has 3 aromatic rings. The molecule has 0 saturated heterocycles. The molecule has 0 aromatic heterocycles. The highest BCUT2D eigenvalue weighted by Crippen LogP contribution is 2.27. The molecule has 152 valence electrons. The van der Waals surface area contributed by atoms with E-state index in [-0.39, 0.29) is 5.92 Å². The summed E-state index contributed by atoms with van der Waals surface area (Å²) < 4.78 is 45.2. The second kappa shape index (κ2) is 10.3. The first-order valence-electron chi connectivity index (χ1n) is 8.97. The molecular formula is C21H22N2O4S2. The fourth-order valence-electron chi connectivity index (χ4n) is 3.33. The Balaban J connectivity index is 1.85. The van der Waals surface area contributed by atoms with Gasteiger partial charge in [-0.15, -0.1) is 0 Å². The lowest BCUT2D eigenvalue weighted by molar-refractivity contribution is 0.568. The zero-order chi connectivity index (χ0) is 20.6. The summed E-state index contributed by atoms with van der Waals surface area (Å²) in [6.07, 6.45) is 1.47. The van der Waals surface area contributed by atoms with Gasteiger partial charge in [-0.25, -0.2) is 8.42 Å². The van der Waals surface area contributed by atoms with Crippen molar-refractivity contribution in [2.24, 2.45) is 0 Å². The molecule has 0 aliphatic rings. The standard InChI is InChI=1S/C21H22N2O4S2/c24-28(25)22-20-10-4-6-16(14-20)12-19(18-8-2-1-3-9-18)13-17-7-5-11-21(15-17)23-29(26)27/h1-11,14-15,19,22-23H,12-13H2,(H,24,25)(H,26,27). The Morgan fingerprint density at radius 2 is 1.17 bits per heavy atom. The van der Waals surface area contributed by atoms with Gasteiger partial charge in [-0.2, -0.15) is 0 Å². The van der Waals surface area contributed by atoms with Gasteiger partial charge in [-0.1, -0.05) is 54.6 Å². The molecule has 29 heavy (non-hydrogen) atoms. The summed E-state index contributed by atoms with van der Waals surface area (Å²) in [6, 6.07) is 25.1. The van der Waals surface area contributed by atoms with Crippen LogP contribution in [0, 0.1) is 0 Å². The molecule has 0 aliphatic heterocycles. The number of anilines is 2. The molecule has 0 aliphatic carbocycles. The molecule has 6 nitrogen and oxygen atoms in total. The van der Waals surface area contributed by atoms with Gasteiger partial charge < -0.3 is 0 Å². The van der Waals surface area contributed by atoms with Crippen LogP contribution in [0.3, 0.4) is 0 Å². The summed E-state index contributed by atoms with van der Waals surface area (Å²) in [5.41, 5.74) is 4.44.